The van der Waals surface area contributed by atoms with E-state index in [2.05, 4.69) is 24.9 Å². The van der Waals surface area contributed by atoms with E-state index in [0.29, 0.717) is 11.0 Å². The second-order valence-corrected chi connectivity index (χ2v) is 9.03. The summed E-state index contributed by atoms with van der Waals surface area (Å²) >= 11 is 0. The van der Waals surface area contributed by atoms with Gasteiger partial charge in [0, 0.05) is 76.8 Å². The second kappa shape index (κ2) is 8.19. The summed E-state index contributed by atoms with van der Waals surface area (Å²) in [4.78, 5) is 17.4. The number of rotatable bonds is 1. The third-order valence-electron chi connectivity index (χ3n) is 5.40. The summed E-state index contributed by atoms with van der Waals surface area (Å²) in [5, 5.41) is 3.46. The first kappa shape index (κ1) is 22.0. The van der Waals surface area contributed by atoms with Crippen LogP contribution in [0, 0.1) is 0 Å². The molecule has 0 spiro atoms. The number of H-pyrrole nitrogens is 4. The Labute approximate surface area is 217 Å². The van der Waals surface area contributed by atoms with Gasteiger partial charge in [0.05, 0.1) is 22.3 Å². The third-order valence-corrected chi connectivity index (χ3v) is 6.30. The first-order chi connectivity index (χ1) is 15.4. The summed E-state index contributed by atoms with van der Waals surface area (Å²) in [7, 11) is -4.44. The van der Waals surface area contributed by atoms with Crippen molar-refractivity contribution >= 4 is 83.1 Å². The molecule has 2 radical (unpaired) electrons. The molecule has 0 unspecified atom stereocenters. The van der Waals surface area contributed by atoms with E-state index in [1.54, 1.807) is 18.3 Å². The molecule has 1 aliphatic rings. The monoisotopic (exact) mass is 483 g/mol. The van der Waals surface area contributed by atoms with Crippen LogP contribution in [0.15, 0.2) is 53.6 Å². The van der Waals surface area contributed by atoms with Gasteiger partial charge in [0.25, 0.3) is 10.1 Å². The van der Waals surface area contributed by atoms with Gasteiger partial charge in [-0.3, -0.25) is 9.54 Å². The van der Waals surface area contributed by atoms with E-state index in [9.17, 15) is 13.0 Å². The summed E-state index contributed by atoms with van der Waals surface area (Å²) in [5.41, 5.74) is 3.88. The molecule has 6 rings (SSSR count). The Kier molecular flexibility index (Phi) is 5.46. The average Bonchev–Trinajstić information content (AvgIpc) is 3.52. The molecule has 10 heteroatoms. The SMILES string of the molecule is O=S(=O)(O)c1cc2[nH]c1=Cc1[nH]c(c3ncccc13)C=c1ccc([nH]1)=Cc1ccc([nH]1)C=2.[Ca]. The third kappa shape index (κ3) is 4.14. The Morgan fingerprint density at radius 2 is 1.48 bits per heavy atom. The topological polar surface area (TPSA) is 130 Å². The zero-order chi connectivity index (χ0) is 21.9. The summed E-state index contributed by atoms with van der Waals surface area (Å²) in [6.07, 6.45) is 9.09. The van der Waals surface area contributed by atoms with E-state index < -0.39 is 10.1 Å². The normalized spacial score (nSPS) is 12.8. The summed E-state index contributed by atoms with van der Waals surface area (Å²) in [5.74, 6) is 0. The Bertz CT molecular complexity index is 1870. The standard InChI is InChI=1S/C23H17N5O3S.Ca/c29-32(30,31)22-11-17-9-15-4-3-13(25-15)8-14-5-6-16(26-14)10-21-23-18(2-1-7-24-23)19(28-21)12-20(22)27-17;/h1-12,25-28H,(H,29,30,31);. The molecule has 0 amide bonds. The van der Waals surface area contributed by atoms with Gasteiger partial charge in [0.2, 0.25) is 0 Å². The van der Waals surface area contributed by atoms with Crippen molar-refractivity contribution in [3.8, 4) is 0 Å². The van der Waals surface area contributed by atoms with E-state index in [1.807, 2.05) is 48.6 Å². The fourth-order valence-corrected chi connectivity index (χ4v) is 4.69. The van der Waals surface area contributed by atoms with Crippen molar-refractivity contribution in [3.05, 3.63) is 92.8 Å². The zero-order valence-corrected chi connectivity index (χ0v) is 20.3. The van der Waals surface area contributed by atoms with Crippen LogP contribution in [0.1, 0.15) is 22.8 Å². The van der Waals surface area contributed by atoms with Crippen molar-refractivity contribution < 1.29 is 13.0 Å². The molecule has 0 aliphatic carbocycles. The van der Waals surface area contributed by atoms with E-state index in [1.165, 1.54) is 6.07 Å². The maximum atomic E-state index is 12.1. The fraction of sp³-hybridized carbons (Fsp3) is 0. The largest absolute Gasteiger partial charge is 0.355 e. The van der Waals surface area contributed by atoms with Crippen molar-refractivity contribution in [1.29, 1.82) is 0 Å². The van der Waals surface area contributed by atoms with Gasteiger partial charge in [0.1, 0.15) is 4.90 Å². The van der Waals surface area contributed by atoms with Gasteiger partial charge in [-0.25, -0.2) is 0 Å². The molecule has 5 aromatic heterocycles. The van der Waals surface area contributed by atoms with Gasteiger partial charge >= 0.3 is 0 Å². The molecule has 5 N–H and O–H groups in total. The number of nitrogens with one attached hydrogen (secondary N) is 4. The minimum Gasteiger partial charge on any atom is -0.355 e. The predicted molar refractivity (Wildman–Crippen MR) is 127 cm³/mol. The Balaban J connectivity index is 0.00000228. The minimum atomic E-state index is -4.44. The van der Waals surface area contributed by atoms with Crippen molar-refractivity contribution in [2.24, 2.45) is 0 Å². The van der Waals surface area contributed by atoms with Crippen molar-refractivity contribution in [1.82, 2.24) is 24.9 Å². The molecule has 0 atom stereocenters. The average molecular weight is 484 g/mol. The number of hydrogen-bond donors (Lipinski definition) is 5. The molecule has 0 fully saturated rings. The molecule has 0 saturated heterocycles. The van der Waals surface area contributed by atoms with Crippen molar-refractivity contribution in [2.75, 3.05) is 0 Å². The number of aromatic nitrogens is 5. The second-order valence-electron chi connectivity index (χ2n) is 7.64. The van der Waals surface area contributed by atoms with Gasteiger partial charge in [-0.15, -0.1) is 0 Å². The molecule has 33 heavy (non-hydrogen) atoms. The van der Waals surface area contributed by atoms with Crippen molar-refractivity contribution in [3.63, 3.8) is 0 Å². The van der Waals surface area contributed by atoms with Crippen LogP contribution in [-0.2, 0) is 10.1 Å². The number of hydrogen-bond acceptors (Lipinski definition) is 3. The maximum Gasteiger partial charge on any atom is 0.296 e. The van der Waals surface area contributed by atoms with Gasteiger partial charge in [-0.05, 0) is 66.8 Å². The van der Waals surface area contributed by atoms with Gasteiger partial charge < -0.3 is 19.9 Å². The minimum absolute atomic E-state index is 0. The van der Waals surface area contributed by atoms with Crippen LogP contribution in [0.4, 0.5) is 0 Å². The van der Waals surface area contributed by atoms with E-state index in [0.717, 1.165) is 38.7 Å². The summed E-state index contributed by atoms with van der Waals surface area (Å²) in [6, 6.07) is 12.9. The molecular weight excluding hydrogens is 466 g/mol. The number of pyridine rings is 1. The molecule has 0 saturated carbocycles. The Morgan fingerprint density at radius 3 is 2.24 bits per heavy atom. The quantitative estimate of drug-likeness (QED) is 0.167. The van der Waals surface area contributed by atoms with Crippen LogP contribution in [0.3, 0.4) is 0 Å². The van der Waals surface area contributed by atoms with Crippen LogP contribution in [0.5, 0.6) is 0 Å². The molecule has 1 aliphatic heterocycles. The fourth-order valence-electron chi connectivity index (χ4n) is 4.03. The van der Waals surface area contributed by atoms with Gasteiger partial charge in [-0.1, -0.05) is 0 Å². The van der Waals surface area contributed by atoms with E-state index in [4.69, 9.17) is 0 Å². The maximum absolute atomic E-state index is 12.1. The smallest absolute Gasteiger partial charge is 0.296 e. The first-order valence-electron chi connectivity index (χ1n) is 9.87. The van der Waals surface area contributed by atoms with Crippen LogP contribution in [-0.4, -0.2) is 75.6 Å². The molecule has 160 valence electrons. The number of aromatic amines is 4. The van der Waals surface area contributed by atoms with Crippen molar-refractivity contribution in [2.45, 2.75) is 4.90 Å². The van der Waals surface area contributed by atoms with Gasteiger partial charge in [0.15, 0.2) is 0 Å². The molecule has 8 nitrogen and oxygen atoms in total. The molecule has 0 aromatic carbocycles. The first-order valence-corrected chi connectivity index (χ1v) is 11.3. The molecular formula is C23H17CaN5O3S. The van der Waals surface area contributed by atoms with Crippen LogP contribution < -0.4 is 21.4 Å². The molecule has 6 heterocycles. The molecule has 5 aromatic rings. The Hall–Kier alpha value is -2.82. The summed E-state index contributed by atoms with van der Waals surface area (Å²) in [6.45, 7) is 0. The van der Waals surface area contributed by atoms with Gasteiger partial charge in [-0.2, -0.15) is 8.42 Å². The number of nitrogens with zero attached hydrogens (tertiary/aromatic N) is 1. The van der Waals surface area contributed by atoms with E-state index in [-0.39, 0.29) is 48.0 Å². The zero-order valence-electron chi connectivity index (χ0n) is 17.3. The van der Waals surface area contributed by atoms with E-state index >= 15 is 0 Å². The van der Waals surface area contributed by atoms with Crippen LogP contribution >= 0.6 is 0 Å². The molecule has 8 bridgehead atoms. The van der Waals surface area contributed by atoms with Crippen LogP contribution in [0.2, 0.25) is 0 Å². The Morgan fingerprint density at radius 1 is 0.758 bits per heavy atom. The summed E-state index contributed by atoms with van der Waals surface area (Å²) < 4.78 is 33.9. The van der Waals surface area contributed by atoms with Crippen LogP contribution in [0.25, 0.3) is 35.2 Å². The predicted octanol–water partition coefficient (Wildman–Crippen LogP) is 0.0417. The number of fused-ring (bicyclic) bond motifs is 11.